The number of benzene rings is 1. The molecule has 0 saturated carbocycles. The third-order valence-electron chi connectivity index (χ3n) is 3.83. The third-order valence-corrected chi connectivity index (χ3v) is 4.75. The van der Waals surface area contributed by atoms with Crippen molar-refractivity contribution in [2.45, 2.75) is 27.2 Å². The predicted octanol–water partition coefficient (Wildman–Crippen LogP) is 4.31. The lowest BCUT2D eigenvalue weighted by Gasteiger charge is -2.03. The Labute approximate surface area is 155 Å². The van der Waals surface area contributed by atoms with Gasteiger partial charge >= 0.3 is 0 Å². The van der Waals surface area contributed by atoms with Gasteiger partial charge in [0, 0.05) is 12.6 Å². The Bertz CT molecular complexity index is 1010. The molecule has 3 rings (SSSR count). The minimum atomic E-state index is -0.101. The minimum absolute atomic E-state index is 0.0902. The van der Waals surface area contributed by atoms with E-state index in [1.165, 1.54) is 18.3 Å². The summed E-state index contributed by atoms with van der Waals surface area (Å²) in [6, 6.07) is 7.45. The van der Waals surface area contributed by atoms with Gasteiger partial charge < -0.3 is 10.3 Å². The molecule has 2 heterocycles. The van der Waals surface area contributed by atoms with E-state index in [-0.39, 0.29) is 11.5 Å². The van der Waals surface area contributed by atoms with Crippen molar-refractivity contribution in [2.24, 2.45) is 5.92 Å². The second-order valence-corrected chi connectivity index (χ2v) is 7.48. The van der Waals surface area contributed by atoms with Crippen LogP contribution in [0.2, 0.25) is 0 Å². The number of hydrogen-bond acceptors (Lipinski definition) is 4. The number of aromatic amines is 1. The van der Waals surface area contributed by atoms with Crippen LogP contribution in [0, 0.1) is 5.92 Å². The highest BCUT2D eigenvalue weighted by Gasteiger charge is 2.11. The van der Waals surface area contributed by atoms with Crippen molar-refractivity contribution in [3.63, 3.8) is 0 Å². The quantitative estimate of drug-likeness (QED) is 0.705. The van der Waals surface area contributed by atoms with Crippen LogP contribution in [0.1, 0.15) is 37.7 Å². The lowest BCUT2D eigenvalue weighted by molar-refractivity contribution is -0.114. The molecule has 2 aromatic heterocycles. The van der Waals surface area contributed by atoms with Crippen molar-refractivity contribution in [1.29, 1.82) is 0 Å². The lowest BCUT2D eigenvalue weighted by atomic mass is 10.0. The van der Waals surface area contributed by atoms with Crippen molar-refractivity contribution in [3.8, 4) is 0 Å². The molecule has 0 unspecified atom stereocenters. The molecule has 1 amide bonds. The molecule has 0 aliphatic carbocycles. The summed E-state index contributed by atoms with van der Waals surface area (Å²) in [5.41, 5.74) is 2.68. The average molecular weight is 367 g/mol. The molecule has 0 radical (unpaired) electrons. The summed E-state index contributed by atoms with van der Waals surface area (Å²) in [5.74, 6) is 0.926. The molecule has 0 spiro atoms. The summed E-state index contributed by atoms with van der Waals surface area (Å²) in [5, 5.41) is 5.47. The largest absolute Gasteiger partial charge is 0.326 e. The summed E-state index contributed by atoms with van der Waals surface area (Å²) >= 11 is 1.51. The van der Waals surface area contributed by atoms with Gasteiger partial charge in [-0.1, -0.05) is 32.1 Å². The number of anilines is 1. The molecule has 26 heavy (non-hydrogen) atoms. The fourth-order valence-corrected chi connectivity index (χ4v) is 3.71. The Morgan fingerprint density at radius 1 is 1.27 bits per heavy atom. The molecule has 134 valence electrons. The number of carbonyl (C=O) groups excluding carboxylic acids is 1. The zero-order valence-corrected chi connectivity index (χ0v) is 15.8. The highest BCUT2D eigenvalue weighted by Crippen LogP contribution is 2.23. The maximum Gasteiger partial charge on any atom is 0.260 e. The Hall–Kier alpha value is -2.73. The molecule has 0 fully saturated rings. The van der Waals surface area contributed by atoms with E-state index in [0.717, 1.165) is 28.1 Å². The molecule has 0 atom stereocenters. The van der Waals surface area contributed by atoms with Crippen molar-refractivity contribution >= 4 is 45.3 Å². The molecule has 0 bridgehead atoms. The van der Waals surface area contributed by atoms with E-state index in [1.807, 2.05) is 35.7 Å². The van der Waals surface area contributed by atoms with Gasteiger partial charge in [0.05, 0.1) is 5.39 Å². The normalized spacial score (nSPS) is 11.5. The van der Waals surface area contributed by atoms with E-state index >= 15 is 0 Å². The van der Waals surface area contributed by atoms with E-state index < -0.39 is 0 Å². The minimum Gasteiger partial charge on any atom is -0.326 e. The number of aromatic nitrogens is 2. The smallest absolute Gasteiger partial charge is 0.260 e. The summed E-state index contributed by atoms with van der Waals surface area (Å²) in [6.45, 7) is 5.75. The number of nitrogens with zero attached hydrogens (tertiary/aromatic N) is 1. The van der Waals surface area contributed by atoms with Crippen LogP contribution >= 0.6 is 11.3 Å². The van der Waals surface area contributed by atoms with E-state index in [2.05, 4.69) is 29.1 Å². The van der Waals surface area contributed by atoms with Crippen LogP contribution in [-0.4, -0.2) is 15.9 Å². The monoisotopic (exact) mass is 367 g/mol. The van der Waals surface area contributed by atoms with Crippen molar-refractivity contribution < 1.29 is 4.79 Å². The summed E-state index contributed by atoms with van der Waals surface area (Å²) < 4.78 is 0. The van der Waals surface area contributed by atoms with E-state index in [0.29, 0.717) is 17.1 Å². The third kappa shape index (κ3) is 4.26. The predicted molar refractivity (Wildman–Crippen MR) is 108 cm³/mol. The van der Waals surface area contributed by atoms with Crippen LogP contribution in [0.15, 0.2) is 34.4 Å². The molecule has 1 aromatic carbocycles. The molecule has 0 aliphatic heterocycles. The fourth-order valence-electron chi connectivity index (χ4n) is 2.75. The number of amides is 1. The molecule has 5 nitrogen and oxygen atoms in total. The van der Waals surface area contributed by atoms with Gasteiger partial charge in [-0.25, -0.2) is 4.98 Å². The molecule has 3 aromatic rings. The zero-order chi connectivity index (χ0) is 18.7. The van der Waals surface area contributed by atoms with Crippen LogP contribution in [0.3, 0.4) is 0 Å². The molecule has 0 saturated heterocycles. The van der Waals surface area contributed by atoms with Crippen LogP contribution < -0.4 is 10.9 Å². The molecular formula is C20H21N3O2S. The van der Waals surface area contributed by atoms with Crippen LogP contribution in [-0.2, 0) is 11.2 Å². The maximum atomic E-state index is 12.5. The van der Waals surface area contributed by atoms with Gasteiger partial charge in [0.15, 0.2) is 0 Å². The number of H-pyrrole nitrogens is 1. The Kier molecular flexibility index (Phi) is 5.32. The molecular weight excluding hydrogens is 346 g/mol. The topological polar surface area (TPSA) is 74.8 Å². The van der Waals surface area contributed by atoms with Gasteiger partial charge in [-0.15, -0.1) is 11.3 Å². The summed E-state index contributed by atoms with van der Waals surface area (Å²) in [7, 11) is 0. The van der Waals surface area contributed by atoms with Gasteiger partial charge in [-0.05, 0) is 47.1 Å². The van der Waals surface area contributed by atoms with Gasteiger partial charge in [-0.2, -0.15) is 0 Å². The first-order chi connectivity index (χ1) is 12.4. The highest BCUT2D eigenvalue weighted by atomic mass is 32.1. The Balaban J connectivity index is 1.83. The number of fused-ring (bicyclic) bond motifs is 1. The molecule has 0 aliphatic rings. The van der Waals surface area contributed by atoms with Gasteiger partial charge in [-0.3, -0.25) is 9.59 Å². The molecule has 2 N–H and O–H groups in total. The standard InChI is InChI=1S/C20H21N3O2S/c1-12(2)10-15-11-26-20-18(15)19(25)22-17(23-20)9-6-14-4-7-16(8-5-14)21-13(3)24/h4-9,11-12H,10H2,1-3H3,(H,21,24)(H,22,23,25)/b9-6+. The second kappa shape index (κ2) is 7.66. The number of carbonyl (C=O) groups is 1. The number of rotatable bonds is 5. The van der Waals surface area contributed by atoms with E-state index in [9.17, 15) is 9.59 Å². The number of thiophene rings is 1. The molecule has 6 heteroatoms. The van der Waals surface area contributed by atoms with Gasteiger partial charge in [0.2, 0.25) is 5.91 Å². The van der Waals surface area contributed by atoms with Crippen LogP contribution in [0.4, 0.5) is 5.69 Å². The first kappa shape index (κ1) is 18.1. The van der Waals surface area contributed by atoms with Crippen LogP contribution in [0.5, 0.6) is 0 Å². The second-order valence-electron chi connectivity index (χ2n) is 6.63. The van der Waals surface area contributed by atoms with Gasteiger partial charge in [0.25, 0.3) is 5.56 Å². The van der Waals surface area contributed by atoms with Crippen molar-refractivity contribution in [2.75, 3.05) is 5.32 Å². The average Bonchev–Trinajstić information content (AvgIpc) is 2.96. The van der Waals surface area contributed by atoms with E-state index in [4.69, 9.17) is 0 Å². The van der Waals surface area contributed by atoms with Crippen LogP contribution in [0.25, 0.3) is 22.4 Å². The first-order valence-electron chi connectivity index (χ1n) is 8.48. The van der Waals surface area contributed by atoms with Crippen molar-refractivity contribution in [1.82, 2.24) is 9.97 Å². The maximum absolute atomic E-state index is 12.5. The van der Waals surface area contributed by atoms with Crippen molar-refractivity contribution in [3.05, 3.63) is 57.0 Å². The Morgan fingerprint density at radius 2 is 2.00 bits per heavy atom. The fraction of sp³-hybridized carbons (Fsp3) is 0.250. The van der Waals surface area contributed by atoms with Gasteiger partial charge in [0.1, 0.15) is 10.7 Å². The number of hydrogen-bond donors (Lipinski definition) is 2. The first-order valence-corrected chi connectivity index (χ1v) is 9.36. The SMILES string of the molecule is CC(=O)Nc1ccc(/C=C/c2nc3scc(CC(C)C)c3c(=O)[nH]2)cc1. The Morgan fingerprint density at radius 3 is 2.65 bits per heavy atom. The lowest BCUT2D eigenvalue weighted by Crippen LogP contribution is -2.10. The zero-order valence-electron chi connectivity index (χ0n) is 15.0. The highest BCUT2D eigenvalue weighted by molar-refractivity contribution is 7.16. The van der Waals surface area contributed by atoms with E-state index in [1.54, 1.807) is 6.08 Å². The number of nitrogens with one attached hydrogen (secondary N) is 2. The summed E-state index contributed by atoms with van der Waals surface area (Å²) in [4.78, 5) is 31.7. The summed E-state index contributed by atoms with van der Waals surface area (Å²) in [6.07, 6.45) is 4.54.